The van der Waals surface area contributed by atoms with Crippen molar-refractivity contribution in [1.29, 1.82) is 0 Å². The molecule has 65 heavy (non-hydrogen) atoms. The first kappa shape index (κ1) is 53.5. The van der Waals surface area contributed by atoms with Gasteiger partial charge in [-0.3, -0.25) is 0 Å². The van der Waals surface area contributed by atoms with Gasteiger partial charge in [-0.1, -0.05) is 230 Å². The lowest BCUT2D eigenvalue weighted by atomic mass is 9.70. The first-order chi connectivity index (χ1) is 32.2. The zero-order valence-corrected chi connectivity index (χ0v) is 43.4. The third-order valence-corrected chi connectivity index (χ3v) is 11.9. The third-order valence-electron chi connectivity index (χ3n) is 11.9. The molecule has 0 bridgehead atoms. The Morgan fingerprint density at radius 3 is 1.45 bits per heavy atom. The number of benzene rings is 7. The number of aryl methyl sites for hydroxylation is 1. The third kappa shape index (κ3) is 9.33. The first-order valence-electron chi connectivity index (χ1n) is 25.4. The predicted octanol–water partition coefficient (Wildman–Crippen LogP) is 19.1. The molecule has 0 fully saturated rings. The molecule has 0 aliphatic heterocycles. The molecular weight excluding hydrogens is 785 g/mol. The van der Waals surface area contributed by atoms with Crippen LogP contribution >= 0.6 is 0 Å². The van der Waals surface area contributed by atoms with Crippen LogP contribution in [-0.4, -0.2) is 18.2 Å². The summed E-state index contributed by atoms with van der Waals surface area (Å²) in [5.74, 6) is 0. The standard InChI is InChI=1S/C28H23N.C21H17N.7C2H6/c1-3-29(2)26-18-10-17-25-27(26)21-13-6-9-16-24(21)28(25)22-14-7-4-11-19(22)20-12-5-8-15-23(20)28;1-2-22-19-10-6-5-9-17(19)21-18-13-14-7-3-4-8-15(14)16(18)11-12-20(21)22;7*1-2/h4-18H,3H2,1-2H3;3-12H,2,13H2,1H3;7*1-2H3. The van der Waals surface area contributed by atoms with Crippen molar-refractivity contribution in [3.63, 3.8) is 0 Å². The molecule has 0 saturated heterocycles. The quantitative estimate of drug-likeness (QED) is 0.172. The molecule has 0 unspecified atom stereocenters. The lowest BCUT2D eigenvalue weighted by Gasteiger charge is -2.31. The van der Waals surface area contributed by atoms with Crippen LogP contribution in [0.15, 0.2) is 152 Å². The van der Waals surface area contributed by atoms with E-state index in [1.54, 1.807) is 0 Å². The number of hydrogen-bond acceptors (Lipinski definition) is 1. The van der Waals surface area contributed by atoms with Gasteiger partial charge in [0, 0.05) is 53.2 Å². The van der Waals surface area contributed by atoms with Crippen molar-refractivity contribution in [3.8, 4) is 33.4 Å². The van der Waals surface area contributed by atoms with Crippen LogP contribution in [0.25, 0.3) is 55.2 Å². The van der Waals surface area contributed by atoms with Gasteiger partial charge in [-0.25, -0.2) is 0 Å². The summed E-state index contributed by atoms with van der Waals surface area (Å²) >= 11 is 0. The molecule has 3 aliphatic rings. The van der Waals surface area contributed by atoms with Gasteiger partial charge in [0.05, 0.1) is 5.41 Å². The van der Waals surface area contributed by atoms with E-state index >= 15 is 0 Å². The fourth-order valence-electron chi connectivity index (χ4n) is 9.73. The fraction of sp³-hybridized carbons (Fsp3) is 0.333. The molecule has 11 rings (SSSR count). The van der Waals surface area contributed by atoms with Crippen molar-refractivity contribution in [2.24, 2.45) is 0 Å². The molecule has 0 N–H and O–H groups in total. The summed E-state index contributed by atoms with van der Waals surface area (Å²) in [5, 5.41) is 2.84. The molecule has 1 spiro atoms. The van der Waals surface area contributed by atoms with Crippen LogP contribution in [0.1, 0.15) is 144 Å². The van der Waals surface area contributed by atoms with Crippen molar-refractivity contribution < 1.29 is 0 Å². The van der Waals surface area contributed by atoms with Crippen molar-refractivity contribution in [3.05, 3.63) is 185 Å². The number of anilines is 1. The Hall–Kier alpha value is -5.86. The number of fused-ring (bicyclic) bond motifs is 17. The van der Waals surface area contributed by atoms with Gasteiger partial charge in [0.25, 0.3) is 0 Å². The number of rotatable bonds is 3. The largest absolute Gasteiger partial charge is 0.374 e. The van der Waals surface area contributed by atoms with Gasteiger partial charge in [0.1, 0.15) is 0 Å². The highest BCUT2D eigenvalue weighted by atomic mass is 15.1. The molecule has 1 heterocycles. The monoisotopic (exact) mass is 867 g/mol. The Bertz CT molecular complexity index is 2630. The molecule has 2 heteroatoms. The van der Waals surface area contributed by atoms with Gasteiger partial charge in [0.2, 0.25) is 0 Å². The molecule has 0 radical (unpaired) electrons. The molecular formula is C63H82N2. The Labute approximate surface area is 396 Å². The van der Waals surface area contributed by atoms with E-state index in [0.29, 0.717) is 0 Å². The SMILES string of the molecule is CC.CC.CC.CC.CC.CC.CC.CCN(C)c1cccc2c1-c1ccccc1C21c2ccccc2-c2ccccc21.CCn1c2ccccc2c2c3c(ccc21)-c1ccccc1C3. The second kappa shape index (κ2) is 26.2. The molecule has 0 saturated carbocycles. The van der Waals surface area contributed by atoms with E-state index < -0.39 is 0 Å². The van der Waals surface area contributed by atoms with E-state index in [4.69, 9.17) is 0 Å². The Kier molecular flexibility index (Phi) is 21.5. The van der Waals surface area contributed by atoms with Gasteiger partial charge >= 0.3 is 0 Å². The summed E-state index contributed by atoms with van der Waals surface area (Å²) in [6.07, 6.45) is 1.06. The average molecular weight is 867 g/mol. The normalized spacial score (nSPS) is 11.3. The van der Waals surface area contributed by atoms with Gasteiger partial charge in [-0.2, -0.15) is 0 Å². The van der Waals surface area contributed by atoms with Crippen LogP contribution in [0.2, 0.25) is 0 Å². The minimum absolute atomic E-state index is 0.232. The number of para-hydroxylation sites is 1. The molecule has 0 amide bonds. The Morgan fingerprint density at radius 2 is 0.892 bits per heavy atom. The lowest BCUT2D eigenvalue weighted by Crippen LogP contribution is -2.26. The van der Waals surface area contributed by atoms with Crippen LogP contribution in [0.3, 0.4) is 0 Å². The zero-order valence-electron chi connectivity index (χ0n) is 43.4. The van der Waals surface area contributed by atoms with Crippen molar-refractivity contribution in [2.75, 3.05) is 18.5 Å². The van der Waals surface area contributed by atoms with E-state index in [9.17, 15) is 0 Å². The van der Waals surface area contributed by atoms with Crippen molar-refractivity contribution >= 4 is 27.5 Å². The molecule has 2 nitrogen and oxygen atoms in total. The minimum Gasteiger partial charge on any atom is -0.374 e. The first-order valence-corrected chi connectivity index (χ1v) is 25.4. The van der Waals surface area contributed by atoms with E-state index in [1.165, 1.54) is 94.3 Å². The maximum atomic E-state index is 2.44. The van der Waals surface area contributed by atoms with E-state index in [1.807, 2.05) is 96.9 Å². The van der Waals surface area contributed by atoms with Gasteiger partial charge in [-0.15, -0.1) is 0 Å². The zero-order chi connectivity index (χ0) is 48.3. The molecule has 344 valence electrons. The number of aromatic nitrogens is 1. The number of nitrogens with zero attached hydrogens (tertiary/aromatic N) is 2. The molecule has 0 atom stereocenters. The second-order valence-corrected chi connectivity index (χ2v) is 14.2. The highest BCUT2D eigenvalue weighted by molar-refractivity contribution is 6.12. The maximum absolute atomic E-state index is 2.44. The fourth-order valence-corrected chi connectivity index (χ4v) is 9.73. The highest BCUT2D eigenvalue weighted by Crippen LogP contribution is 2.64. The van der Waals surface area contributed by atoms with Crippen molar-refractivity contribution in [2.45, 2.75) is 129 Å². The van der Waals surface area contributed by atoms with E-state index in [0.717, 1.165) is 19.5 Å². The number of hydrogen-bond donors (Lipinski definition) is 0. The van der Waals surface area contributed by atoms with Crippen molar-refractivity contribution in [1.82, 2.24) is 4.57 Å². The topological polar surface area (TPSA) is 8.17 Å². The Balaban J connectivity index is 0.000000278. The van der Waals surface area contributed by atoms with Gasteiger partial charge in [-0.05, 0) is 99.7 Å². The summed E-state index contributed by atoms with van der Waals surface area (Å²) in [4.78, 5) is 2.36. The molecule has 1 aromatic heterocycles. The summed E-state index contributed by atoms with van der Waals surface area (Å²) < 4.78 is 2.44. The van der Waals surface area contributed by atoms with Gasteiger partial charge in [0.15, 0.2) is 0 Å². The summed E-state index contributed by atoms with van der Waals surface area (Å²) in [7, 11) is 2.19. The maximum Gasteiger partial charge on any atom is 0.0726 e. The Morgan fingerprint density at radius 1 is 0.431 bits per heavy atom. The minimum atomic E-state index is -0.232. The lowest BCUT2D eigenvalue weighted by molar-refractivity contribution is 0.793. The predicted molar refractivity (Wildman–Crippen MR) is 294 cm³/mol. The van der Waals surface area contributed by atoms with E-state index in [2.05, 4.69) is 182 Å². The highest BCUT2D eigenvalue weighted by Gasteiger charge is 2.52. The van der Waals surface area contributed by atoms with E-state index in [-0.39, 0.29) is 5.41 Å². The van der Waals surface area contributed by atoms with Gasteiger partial charge < -0.3 is 9.47 Å². The van der Waals surface area contributed by atoms with Crippen LogP contribution in [0, 0.1) is 0 Å². The second-order valence-electron chi connectivity index (χ2n) is 14.2. The van der Waals surface area contributed by atoms with Crippen LogP contribution < -0.4 is 4.90 Å². The molecule has 3 aliphatic carbocycles. The summed E-state index contributed by atoms with van der Waals surface area (Å²) in [5.41, 5.74) is 20.7. The summed E-state index contributed by atoms with van der Waals surface area (Å²) in [6, 6.07) is 56.0. The van der Waals surface area contributed by atoms with Crippen LogP contribution in [0.5, 0.6) is 0 Å². The molecule has 7 aromatic carbocycles. The van der Waals surface area contributed by atoms with Crippen LogP contribution in [-0.2, 0) is 18.4 Å². The smallest absolute Gasteiger partial charge is 0.0726 e. The van der Waals surface area contributed by atoms with Crippen LogP contribution in [0.4, 0.5) is 5.69 Å². The molecule has 8 aromatic rings. The average Bonchev–Trinajstić information content (AvgIpc) is 4.14. The summed E-state index contributed by atoms with van der Waals surface area (Å²) in [6.45, 7) is 34.4.